The largest absolute Gasteiger partial charge is 0.369 e. The molecule has 0 unspecified atom stereocenters. The van der Waals surface area contributed by atoms with Crippen LogP contribution in [0.25, 0.3) is 0 Å². The SMILES string of the molecule is CCCc1nnc(SCC(N)=O)n1C. The Bertz CT molecular complexity index is 323. The fourth-order valence-corrected chi connectivity index (χ4v) is 1.72. The fourth-order valence-electron chi connectivity index (χ4n) is 1.05. The summed E-state index contributed by atoms with van der Waals surface area (Å²) in [4.78, 5) is 10.6. The van der Waals surface area contributed by atoms with Crippen molar-refractivity contribution in [2.24, 2.45) is 12.8 Å². The summed E-state index contributed by atoms with van der Waals surface area (Å²) < 4.78 is 1.90. The molecule has 0 aliphatic rings. The van der Waals surface area contributed by atoms with Crippen molar-refractivity contribution in [1.82, 2.24) is 14.8 Å². The molecule has 0 saturated heterocycles. The second kappa shape index (κ2) is 4.99. The molecule has 0 radical (unpaired) electrons. The molecular weight excluding hydrogens is 200 g/mol. The van der Waals surface area contributed by atoms with Crippen molar-refractivity contribution in [3.8, 4) is 0 Å². The van der Waals surface area contributed by atoms with Gasteiger partial charge >= 0.3 is 0 Å². The summed E-state index contributed by atoms with van der Waals surface area (Å²) in [7, 11) is 1.90. The van der Waals surface area contributed by atoms with Gasteiger partial charge in [0.2, 0.25) is 5.91 Å². The molecule has 0 aliphatic heterocycles. The molecular formula is C8H14N4OS. The Morgan fingerprint density at radius 3 is 2.86 bits per heavy atom. The molecule has 1 aromatic rings. The highest BCUT2D eigenvalue weighted by atomic mass is 32.2. The van der Waals surface area contributed by atoms with E-state index in [1.807, 2.05) is 11.6 Å². The summed E-state index contributed by atoms with van der Waals surface area (Å²) in [5.41, 5.74) is 5.04. The van der Waals surface area contributed by atoms with Gasteiger partial charge in [-0.25, -0.2) is 0 Å². The van der Waals surface area contributed by atoms with Crippen LogP contribution in [0.15, 0.2) is 5.16 Å². The maximum absolute atomic E-state index is 10.6. The highest BCUT2D eigenvalue weighted by molar-refractivity contribution is 7.99. The van der Waals surface area contributed by atoms with Gasteiger partial charge < -0.3 is 10.3 Å². The maximum Gasteiger partial charge on any atom is 0.227 e. The van der Waals surface area contributed by atoms with Gasteiger partial charge in [0.05, 0.1) is 5.75 Å². The van der Waals surface area contributed by atoms with E-state index in [1.165, 1.54) is 11.8 Å². The zero-order valence-electron chi connectivity index (χ0n) is 8.36. The van der Waals surface area contributed by atoms with Gasteiger partial charge in [0, 0.05) is 13.5 Å². The molecule has 78 valence electrons. The number of carbonyl (C=O) groups is 1. The number of primary amides is 1. The highest BCUT2D eigenvalue weighted by Crippen LogP contribution is 2.15. The van der Waals surface area contributed by atoms with Gasteiger partial charge in [-0.3, -0.25) is 4.79 Å². The molecule has 0 aliphatic carbocycles. The van der Waals surface area contributed by atoms with Crippen molar-refractivity contribution < 1.29 is 4.79 Å². The highest BCUT2D eigenvalue weighted by Gasteiger charge is 2.08. The van der Waals surface area contributed by atoms with Crippen molar-refractivity contribution in [2.75, 3.05) is 5.75 Å². The van der Waals surface area contributed by atoms with E-state index >= 15 is 0 Å². The minimum absolute atomic E-state index is 0.248. The van der Waals surface area contributed by atoms with Gasteiger partial charge in [0.15, 0.2) is 5.16 Å². The van der Waals surface area contributed by atoms with Gasteiger partial charge in [-0.2, -0.15) is 0 Å². The molecule has 0 fully saturated rings. The van der Waals surface area contributed by atoms with E-state index < -0.39 is 0 Å². The second-order valence-electron chi connectivity index (χ2n) is 2.96. The van der Waals surface area contributed by atoms with Crippen LogP contribution in [-0.4, -0.2) is 26.4 Å². The standard InChI is InChI=1S/C8H14N4OS/c1-3-4-7-10-11-8(12(7)2)14-5-6(9)13/h3-5H2,1-2H3,(H2,9,13). The molecule has 0 bridgehead atoms. The minimum Gasteiger partial charge on any atom is -0.369 e. The van der Waals surface area contributed by atoms with Crippen LogP contribution in [0.5, 0.6) is 0 Å². The second-order valence-corrected chi connectivity index (χ2v) is 3.91. The lowest BCUT2D eigenvalue weighted by Crippen LogP contribution is -2.13. The first-order valence-electron chi connectivity index (χ1n) is 4.44. The van der Waals surface area contributed by atoms with E-state index in [0.717, 1.165) is 23.8 Å². The number of hydrogen-bond acceptors (Lipinski definition) is 4. The minimum atomic E-state index is -0.338. The topological polar surface area (TPSA) is 73.8 Å². The van der Waals surface area contributed by atoms with Crippen LogP contribution in [-0.2, 0) is 18.3 Å². The van der Waals surface area contributed by atoms with E-state index in [-0.39, 0.29) is 11.7 Å². The van der Waals surface area contributed by atoms with Crippen LogP contribution in [0, 0.1) is 0 Å². The summed E-state index contributed by atoms with van der Waals surface area (Å²) in [5.74, 6) is 0.854. The quantitative estimate of drug-likeness (QED) is 0.717. The van der Waals surface area contributed by atoms with E-state index in [0.29, 0.717) is 0 Å². The zero-order chi connectivity index (χ0) is 10.6. The van der Waals surface area contributed by atoms with Crippen molar-refractivity contribution >= 4 is 17.7 Å². The Kier molecular flexibility index (Phi) is 3.94. The molecule has 5 nitrogen and oxygen atoms in total. The number of thioether (sulfide) groups is 1. The molecule has 0 spiro atoms. The average Bonchev–Trinajstić information content (AvgIpc) is 2.46. The maximum atomic E-state index is 10.6. The Balaban J connectivity index is 2.64. The smallest absolute Gasteiger partial charge is 0.227 e. The third-order valence-electron chi connectivity index (χ3n) is 1.74. The molecule has 1 aromatic heterocycles. The van der Waals surface area contributed by atoms with Crippen molar-refractivity contribution in [3.63, 3.8) is 0 Å². The number of amides is 1. The first-order valence-corrected chi connectivity index (χ1v) is 5.43. The molecule has 14 heavy (non-hydrogen) atoms. The van der Waals surface area contributed by atoms with Crippen LogP contribution in [0.3, 0.4) is 0 Å². The number of aromatic nitrogens is 3. The number of rotatable bonds is 5. The van der Waals surface area contributed by atoms with Gasteiger partial charge in [0.25, 0.3) is 0 Å². The average molecular weight is 214 g/mol. The predicted molar refractivity (Wildman–Crippen MR) is 54.9 cm³/mol. The molecule has 2 N–H and O–H groups in total. The third-order valence-corrected chi connectivity index (χ3v) is 2.78. The lowest BCUT2D eigenvalue weighted by molar-refractivity contribution is -0.115. The van der Waals surface area contributed by atoms with Crippen LogP contribution in [0.1, 0.15) is 19.2 Å². The molecule has 0 atom stereocenters. The van der Waals surface area contributed by atoms with Crippen LogP contribution in [0.4, 0.5) is 0 Å². The molecule has 1 amide bonds. The number of nitrogens with two attached hydrogens (primary N) is 1. The number of nitrogens with zero attached hydrogens (tertiary/aromatic N) is 3. The molecule has 0 aromatic carbocycles. The van der Waals surface area contributed by atoms with E-state index in [1.54, 1.807) is 0 Å². The van der Waals surface area contributed by atoms with E-state index in [4.69, 9.17) is 5.73 Å². The Hall–Kier alpha value is -1.04. The van der Waals surface area contributed by atoms with Crippen molar-refractivity contribution in [3.05, 3.63) is 5.82 Å². The van der Waals surface area contributed by atoms with E-state index in [2.05, 4.69) is 17.1 Å². The fraction of sp³-hybridized carbons (Fsp3) is 0.625. The Morgan fingerprint density at radius 1 is 1.57 bits per heavy atom. The lowest BCUT2D eigenvalue weighted by atomic mass is 10.3. The Labute approximate surface area is 87.1 Å². The number of aryl methyl sites for hydroxylation is 1. The lowest BCUT2D eigenvalue weighted by Gasteiger charge is -2.00. The van der Waals surface area contributed by atoms with Crippen LogP contribution >= 0.6 is 11.8 Å². The normalized spacial score (nSPS) is 10.4. The first-order chi connectivity index (χ1) is 6.65. The number of carbonyl (C=O) groups excluding carboxylic acids is 1. The summed E-state index contributed by atoms with van der Waals surface area (Å²) in [6.45, 7) is 2.09. The molecule has 1 heterocycles. The summed E-state index contributed by atoms with van der Waals surface area (Å²) in [6, 6.07) is 0. The van der Waals surface area contributed by atoms with Gasteiger partial charge in [-0.05, 0) is 6.42 Å². The summed E-state index contributed by atoms with van der Waals surface area (Å²) in [5, 5.41) is 8.74. The molecule has 1 rings (SSSR count). The van der Waals surface area contributed by atoms with Crippen LogP contribution < -0.4 is 5.73 Å². The predicted octanol–water partition coefficient (Wildman–Crippen LogP) is 0.345. The monoisotopic (exact) mass is 214 g/mol. The van der Waals surface area contributed by atoms with Gasteiger partial charge in [-0.15, -0.1) is 10.2 Å². The van der Waals surface area contributed by atoms with Gasteiger partial charge in [0.1, 0.15) is 5.82 Å². The first kappa shape index (κ1) is 11.0. The molecule has 6 heteroatoms. The third kappa shape index (κ3) is 2.73. The Morgan fingerprint density at radius 2 is 2.29 bits per heavy atom. The van der Waals surface area contributed by atoms with Crippen molar-refractivity contribution in [2.45, 2.75) is 24.9 Å². The zero-order valence-corrected chi connectivity index (χ0v) is 9.17. The molecule has 0 saturated carbocycles. The van der Waals surface area contributed by atoms with Crippen molar-refractivity contribution in [1.29, 1.82) is 0 Å². The van der Waals surface area contributed by atoms with E-state index in [9.17, 15) is 4.79 Å². The summed E-state index contributed by atoms with van der Waals surface area (Å²) >= 11 is 1.32. The van der Waals surface area contributed by atoms with Gasteiger partial charge in [-0.1, -0.05) is 18.7 Å². The summed E-state index contributed by atoms with van der Waals surface area (Å²) in [6.07, 6.45) is 1.94. The van der Waals surface area contributed by atoms with Crippen LogP contribution in [0.2, 0.25) is 0 Å². The number of hydrogen-bond donors (Lipinski definition) is 1.